The summed E-state index contributed by atoms with van der Waals surface area (Å²) in [6.07, 6.45) is -3.69. The molecule has 0 radical (unpaired) electrons. The number of carbonyl (C=O) groups is 1. The van der Waals surface area contributed by atoms with Crippen LogP contribution in [0.2, 0.25) is 0 Å². The highest BCUT2D eigenvalue weighted by Gasteiger charge is 2.35. The molecule has 31 heavy (non-hydrogen) atoms. The fourth-order valence-electron chi connectivity index (χ4n) is 3.25. The third kappa shape index (κ3) is 5.56. The predicted octanol–water partition coefficient (Wildman–Crippen LogP) is 4.91. The van der Waals surface area contributed by atoms with E-state index in [2.05, 4.69) is 10.1 Å². The Hall–Kier alpha value is -3.04. The number of nitrogens with zero attached hydrogens (tertiary/aromatic N) is 4. The number of fused-ring (bicyclic) bond motifs is 1. The molecule has 0 N–H and O–H groups in total. The molecule has 1 aliphatic heterocycles. The first-order valence-electron chi connectivity index (χ1n) is 9.57. The van der Waals surface area contributed by atoms with Crippen LogP contribution in [0.3, 0.4) is 0 Å². The molecule has 166 valence electrons. The monoisotopic (exact) mass is 440 g/mol. The first kappa shape index (κ1) is 22.6. The predicted molar refractivity (Wildman–Crippen MR) is 105 cm³/mol. The lowest BCUT2D eigenvalue weighted by Crippen LogP contribution is -2.41. The van der Waals surface area contributed by atoms with Crippen molar-refractivity contribution in [2.24, 2.45) is 0 Å². The van der Waals surface area contributed by atoms with Gasteiger partial charge in [-0.3, -0.25) is 4.79 Å². The highest BCUT2D eigenvalue weighted by Crippen LogP contribution is 2.32. The van der Waals surface area contributed by atoms with Gasteiger partial charge in [0, 0.05) is 24.6 Å². The molecule has 1 aromatic carbocycles. The zero-order chi connectivity index (χ0) is 22.8. The number of likely N-dealkylation sites (tertiary alicyclic amines) is 1. The maximum absolute atomic E-state index is 13.2. The average Bonchev–Trinajstić information content (AvgIpc) is 3.06. The van der Waals surface area contributed by atoms with Crippen molar-refractivity contribution in [1.29, 1.82) is 0 Å². The minimum Gasteiger partial charge on any atom is -0.339 e. The average molecular weight is 440 g/mol. The summed E-state index contributed by atoms with van der Waals surface area (Å²) in [5.41, 5.74) is 1.83. The lowest BCUT2D eigenvalue weighted by Gasteiger charge is -2.29. The number of benzene rings is 1. The second-order valence-corrected chi connectivity index (χ2v) is 7.48. The van der Waals surface area contributed by atoms with Crippen molar-refractivity contribution in [3.05, 3.63) is 53.3 Å². The van der Waals surface area contributed by atoms with E-state index in [1.807, 2.05) is 19.1 Å². The molecule has 1 aliphatic rings. The Morgan fingerprint density at radius 3 is 2.32 bits per heavy atom. The number of halogens is 5. The molecule has 4 rings (SSSR count). The van der Waals surface area contributed by atoms with E-state index in [-0.39, 0.29) is 17.8 Å². The van der Waals surface area contributed by atoms with Crippen molar-refractivity contribution in [3.63, 3.8) is 0 Å². The maximum atomic E-state index is 13.2. The van der Waals surface area contributed by atoms with Gasteiger partial charge in [0.05, 0.1) is 17.9 Å². The highest BCUT2D eigenvalue weighted by molar-refractivity contribution is 5.63. The Balaban J connectivity index is 0.000000229. The largest absolute Gasteiger partial charge is 0.433 e. The summed E-state index contributed by atoms with van der Waals surface area (Å²) in [5, 5.41) is 3.86. The van der Waals surface area contributed by atoms with Crippen LogP contribution >= 0.6 is 0 Å². The number of rotatable bonds is 2. The zero-order valence-corrected chi connectivity index (χ0v) is 17.0. The highest BCUT2D eigenvalue weighted by atomic mass is 19.4. The van der Waals surface area contributed by atoms with Crippen LogP contribution in [0.15, 0.2) is 36.4 Å². The molecule has 0 atom stereocenters. The summed E-state index contributed by atoms with van der Waals surface area (Å²) in [4.78, 5) is 15.4. The van der Waals surface area contributed by atoms with Gasteiger partial charge in [-0.2, -0.15) is 18.3 Å². The number of aromatic nitrogens is 3. The van der Waals surface area contributed by atoms with Gasteiger partial charge in [-0.1, -0.05) is 29.8 Å². The van der Waals surface area contributed by atoms with Crippen LogP contribution in [0, 0.1) is 13.8 Å². The Labute approximate surface area is 175 Å². The van der Waals surface area contributed by atoms with E-state index in [4.69, 9.17) is 0 Å². The molecule has 0 aliphatic carbocycles. The van der Waals surface area contributed by atoms with E-state index in [0.717, 1.165) is 21.0 Å². The normalized spacial score (nSPS) is 16.0. The Morgan fingerprint density at radius 1 is 1.10 bits per heavy atom. The molecule has 1 amide bonds. The standard InChI is InChI=1S/C15H12F3N3.C6H9F2NO/c1-9-3-5-11(6-4-9)12-8-13(15(16,17)18)21-14(19-12)7-10(2)20-21;7-6(8)2-1-3-9(4-6)5-10/h3-8H,1-2H3;5H,1-4H2. The van der Waals surface area contributed by atoms with E-state index in [1.54, 1.807) is 19.1 Å². The third-order valence-corrected chi connectivity index (χ3v) is 4.76. The summed E-state index contributed by atoms with van der Waals surface area (Å²) in [5.74, 6) is -2.65. The minimum atomic E-state index is -4.49. The van der Waals surface area contributed by atoms with Gasteiger partial charge in [0.1, 0.15) is 0 Å². The van der Waals surface area contributed by atoms with Crippen molar-refractivity contribution in [1.82, 2.24) is 19.5 Å². The fourth-order valence-corrected chi connectivity index (χ4v) is 3.25. The lowest BCUT2D eigenvalue weighted by atomic mass is 10.1. The van der Waals surface area contributed by atoms with Gasteiger partial charge in [0.15, 0.2) is 11.3 Å². The number of aryl methyl sites for hydroxylation is 2. The molecule has 1 fully saturated rings. The molecule has 3 heterocycles. The van der Waals surface area contributed by atoms with Gasteiger partial charge >= 0.3 is 6.18 Å². The molecular weight excluding hydrogens is 419 g/mol. The molecule has 5 nitrogen and oxygen atoms in total. The van der Waals surface area contributed by atoms with E-state index >= 15 is 0 Å². The smallest absolute Gasteiger partial charge is 0.339 e. The quantitative estimate of drug-likeness (QED) is 0.421. The molecule has 2 aromatic heterocycles. The van der Waals surface area contributed by atoms with Gasteiger partial charge in [0.2, 0.25) is 6.41 Å². The molecule has 10 heteroatoms. The van der Waals surface area contributed by atoms with Crippen molar-refractivity contribution in [2.45, 2.75) is 38.8 Å². The number of hydrogen-bond donors (Lipinski definition) is 0. The van der Waals surface area contributed by atoms with Crippen LogP contribution < -0.4 is 0 Å². The second-order valence-electron chi connectivity index (χ2n) is 7.48. The summed E-state index contributed by atoms with van der Waals surface area (Å²) in [6, 6.07) is 9.78. The Morgan fingerprint density at radius 2 is 1.77 bits per heavy atom. The molecule has 3 aromatic rings. The van der Waals surface area contributed by atoms with E-state index in [0.29, 0.717) is 30.6 Å². The summed E-state index contributed by atoms with van der Waals surface area (Å²) in [7, 11) is 0. The number of piperidine rings is 1. The van der Waals surface area contributed by atoms with Crippen molar-refractivity contribution < 1.29 is 26.7 Å². The van der Waals surface area contributed by atoms with Crippen LogP contribution in [-0.2, 0) is 11.0 Å². The maximum Gasteiger partial charge on any atom is 0.433 e. The topological polar surface area (TPSA) is 50.5 Å². The molecule has 0 saturated carbocycles. The molecule has 1 saturated heterocycles. The fraction of sp³-hybridized carbons (Fsp3) is 0.381. The summed E-state index contributed by atoms with van der Waals surface area (Å²) >= 11 is 0. The van der Waals surface area contributed by atoms with E-state index in [1.165, 1.54) is 6.07 Å². The third-order valence-electron chi connectivity index (χ3n) is 4.76. The summed E-state index contributed by atoms with van der Waals surface area (Å²) < 4.78 is 65.3. The molecule has 0 spiro atoms. The number of carbonyl (C=O) groups excluding carboxylic acids is 1. The first-order valence-corrected chi connectivity index (χ1v) is 9.57. The summed E-state index contributed by atoms with van der Waals surface area (Å²) in [6.45, 7) is 3.62. The van der Waals surface area contributed by atoms with Crippen LogP contribution in [-0.4, -0.2) is 44.9 Å². The lowest BCUT2D eigenvalue weighted by molar-refractivity contribution is -0.142. The van der Waals surface area contributed by atoms with Gasteiger partial charge in [-0.05, 0) is 26.3 Å². The van der Waals surface area contributed by atoms with E-state index < -0.39 is 24.3 Å². The van der Waals surface area contributed by atoms with Gasteiger partial charge in [-0.15, -0.1) is 0 Å². The first-order chi connectivity index (χ1) is 14.5. The Bertz CT molecular complexity index is 1060. The van der Waals surface area contributed by atoms with Crippen LogP contribution in [0.1, 0.15) is 29.8 Å². The Kier molecular flexibility index (Phi) is 6.28. The molecule has 0 unspecified atom stereocenters. The molecule has 0 bridgehead atoms. The van der Waals surface area contributed by atoms with Crippen molar-refractivity contribution in [3.8, 4) is 11.3 Å². The van der Waals surface area contributed by atoms with E-state index in [9.17, 15) is 26.7 Å². The van der Waals surface area contributed by atoms with Crippen molar-refractivity contribution in [2.75, 3.05) is 13.1 Å². The number of hydrogen-bond acceptors (Lipinski definition) is 3. The van der Waals surface area contributed by atoms with Crippen LogP contribution in [0.5, 0.6) is 0 Å². The van der Waals surface area contributed by atoms with Gasteiger partial charge in [0.25, 0.3) is 5.92 Å². The van der Waals surface area contributed by atoms with Crippen LogP contribution in [0.25, 0.3) is 16.9 Å². The minimum absolute atomic E-state index is 0.0860. The second kappa shape index (κ2) is 8.60. The number of amides is 1. The van der Waals surface area contributed by atoms with Crippen LogP contribution in [0.4, 0.5) is 22.0 Å². The van der Waals surface area contributed by atoms with Gasteiger partial charge in [-0.25, -0.2) is 18.3 Å². The SMILES string of the molecule is Cc1ccc(-c2cc(C(F)(F)F)n3nc(C)cc3n2)cc1.O=CN1CCCC(F)(F)C1. The van der Waals surface area contributed by atoms with Gasteiger partial charge < -0.3 is 4.90 Å². The zero-order valence-electron chi connectivity index (χ0n) is 17.0. The number of alkyl halides is 5. The molecular formula is C21H21F5N4O. The van der Waals surface area contributed by atoms with Crippen molar-refractivity contribution >= 4 is 12.1 Å².